The Bertz CT molecular complexity index is 646. The molecule has 0 aliphatic rings. The molecule has 0 unspecified atom stereocenters. The van der Waals surface area contributed by atoms with E-state index in [9.17, 15) is 0 Å². The summed E-state index contributed by atoms with van der Waals surface area (Å²) < 4.78 is 4.58. The van der Waals surface area contributed by atoms with Crippen LogP contribution in [0, 0.1) is 13.8 Å². The van der Waals surface area contributed by atoms with Gasteiger partial charge >= 0.3 is 128 Å². The van der Waals surface area contributed by atoms with Gasteiger partial charge in [0.05, 0.1) is 0 Å². The van der Waals surface area contributed by atoms with Gasteiger partial charge in [0.25, 0.3) is 0 Å². The molecule has 0 saturated carbocycles. The third-order valence-corrected chi connectivity index (χ3v) is 10.7. The van der Waals surface area contributed by atoms with Crippen molar-refractivity contribution in [1.82, 2.24) is 4.98 Å². The molecule has 1 nitrogen and oxygen atoms in total. The van der Waals surface area contributed by atoms with Crippen molar-refractivity contribution < 1.29 is 0 Å². The fourth-order valence-corrected chi connectivity index (χ4v) is 9.68. The van der Waals surface area contributed by atoms with Crippen LogP contribution in [-0.4, -0.2) is 25.2 Å². The molecule has 20 heavy (non-hydrogen) atoms. The summed E-state index contributed by atoms with van der Waals surface area (Å²) in [6.07, 6.45) is 0. The molecule has 0 aliphatic heterocycles. The van der Waals surface area contributed by atoms with Crippen LogP contribution in [0.5, 0.6) is 0 Å². The first kappa shape index (κ1) is 13.5. The van der Waals surface area contributed by atoms with Crippen LogP contribution in [0.25, 0.3) is 0 Å². The van der Waals surface area contributed by atoms with Crippen LogP contribution in [0.1, 0.15) is 11.4 Å². The first-order valence-corrected chi connectivity index (χ1v) is 10.6. The van der Waals surface area contributed by atoms with E-state index < -0.39 is 20.2 Å². The summed E-state index contributed by atoms with van der Waals surface area (Å²) in [5, 5.41) is 0. The quantitative estimate of drug-likeness (QED) is 0.681. The fourth-order valence-electron chi connectivity index (χ4n) is 2.52. The van der Waals surface area contributed by atoms with Gasteiger partial charge in [0.1, 0.15) is 0 Å². The van der Waals surface area contributed by atoms with Gasteiger partial charge in [-0.1, -0.05) is 0 Å². The second-order valence-corrected chi connectivity index (χ2v) is 11.2. The van der Waals surface area contributed by atoms with E-state index >= 15 is 0 Å². The maximum atomic E-state index is 3.47. The van der Waals surface area contributed by atoms with Gasteiger partial charge in [-0.05, 0) is 0 Å². The van der Waals surface area contributed by atoms with Crippen molar-refractivity contribution in [3.05, 3.63) is 78.1 Å². The Morgan fingerprint density at radius 1 is 0.750 bits per heavy atom. The summed E-state index contributed by atoms with van der Waals surface area (Å²) in [6.45, 7) is 4.34. The zero-order valence-corrected chi connectivity index (χ0v) is 14.4. The number of hydrogen-bond acceptors (Lipinski definition) is 0. The summed E-state index contributed by atoms with van der Waals surface area (Å²) in [7, 11) is 0. The van der Waals surface area contributed by atoms with E-state index in [4.69, 9.17) is 0 Å². The molecule has 1 N–H and O–H groups in total. The molecule has 100 valence electrons. The average Bonchev–Trinajstić information content (AvgIpc) is 2.80. The molecule has 0 saturated heterocycles. The molecular formula is C18H18NSb. The van der Waals surface area contributed by atoms with E-state index in [1.54, 1.807) is 3.51 Å². The van der Waals surface area contributed by atoms with Gasteiger partial charge in [0.15, 0.2) is 0 Å². The molecule has 0 amide bonds. The van der Waals surface area contributed by atoms with E-state index in [1.807, 2.05) is 0 Å². The average molecular weight is 370 g/mol. The molecule has 0 radical (unpaired) electrons. The Morgan fingerprint density at radius 3 is 1.65 bits per heavy atom. The van der Waals surface area contributed by atoms with Crippen LogP contribution in [-0.2, 0) is 0 Å². The zero-order chi connectivity index (χ0) is 13.9. The molecule has 0 aliphatic carbocycles. The third-order valence-electron chi connectivity index (χ3n) is 3.39. The van der Waals surface area contributed by atoms with E-state index in [0.717, 1.165) is 0 Å². The molecule has 0 bridgehead atoms. The second-order valence-electron chi connectivity index (χ2n) is 4.97. The monoisotopic (exact) mass is 369 g/mol. The van der Waals surface area contributed by atoms with Gasteiger partial charge in [0, 0.05) is 0 Å². The van der Waals surface area contributed by atoms with Crippen LogP contribution < -0.4 is 10.5 Å². The molecule has 0 fully saturated rings. The number of benzene rings is 2. The molecule has 0 spiro atoms. The van der Waals surface area contributed by atoms with E-state index in [1.165, 1.54) is 18.4 Å². The summed E-state index contributed by atoms with van der Waals surface area (Å²) in [6, 6.07) is 24.3. The topological polar surface area (TPSA) is 15.8 Å². The second kappa shape index (κ2) is 5.89. The van der Waals surface area contributed by atoms with Crippen LogP contribution in [0.15, 0.2) is 66.7 Å². The summed E-state index contributed by atoms with van der Waals surface area (Å²) in [5.41, 5.74) is 2.59. The Labute approximate surface area is 127 Å². The van der Waals surface area contributed by atoms with Crippen molar-refractivity contribution in [1.29, 1.82) is 0 Å². The molecule has 3 rings (SSSR count). The summed E-state index contributed by atoms with van der Waals surface area (Å²) in [4.78, 5) is 3.47. The van der Waals surface area contributed by atoms with Crippen molar-refractivity contribution in [2.24, 2.45) is 0 Å². The number of aromatic nitrogens is 1. The molecule has 2 heteroatoms. The molecular weight excluding hydrogens is 352 g/mol. The Hall–Kier alpha value is -1.46. The van der Waals surface area contributed by atoms with Crippen LogP contribution in [0.2, 0.25) is 0 Å². The Balaban J connectivity index is 2.16. The van der Waals surface area contributed by atoms with Crippen LogP contribution in [0.4, 0.5) is 0 Å². The maximum absolute atomic E-state index is 3.47. The SMILES string of the molecule is Cc1c[c]([Sb]([c]2ccccc2)[c]2ccccc2)c(C)[nH]1. The van der Waals surface area contributed by atoms with E-state index in [0.29, 0.717) is 0 Å². The fraction of sp³-hybridized carbons (Fsp3) is 0.111. The van der Waals surface area contributed by atoms with Gasteiger partial charge in [0.2, 0.25) is 0 Å². The van der Waals surface area contributed by atoms with Crippen molar-refractivity contribution in [3.63, 3.8) is 0 Å². The van der Waals surface area contributed by atoms with E-state index in [-0.39, 0.29) is 0 Å². The number of nitrogens with one attached hydrogen (secondary N) is 1. The molecule has 3 aromatic rings. The minimum absolute atomic E-state index is 1.26. The minimum atomic E-state index is -1.89. The number of hydrogen-bond donors (Lipinski definition) is 1. The standard InChI is InChI=1S/C6H8N.2C6H5.Sb/c1-5-3-4-6(2)7-5;2*1-2-4-6-5-3-1;/h3,7H,1-2H3;2*1-5H;. The molecule has 1 aromatic heterocycles. The normalized spacial score (nSPS) is 10.9. The van der Waals surface area contributed by atoms with Gasteiger partial charge in [-0.2, -0.15) is 0 Å². The molecule has 1 heterocycles. The van der Waals surface area contributed by atoms with E-state index in [2.05, 4.69) is 85.6 Å². The number of rotatable bonds is 3. The first-order valence-electron chi connectivity index (χ1n) is 6.82. The predicted molar refractivity (Wildman–Crippen MR) is 87.8 cm³/mol. The first-order chi connectivity index (χ1) is 9.75. The van der Waals surface area contributed by atoms with Crippen LogP contribution in [0.3, 0.4) is 0 Å². The van der Waals surface area contributed by atoms with Crippen molar-refractivity contribution >= 4 is 30.7 Å². The summed E-state index contributed by atoms with van der Waals surface area (Å²) >= 11 is -1.89. The Kier molecular flexibility index (Phi) is 3.98. The van der Waals surface area contributed by atoms with Crippen molar-refractivity contribution in [3.8, 4) is 0 Å². The molecule has 2 aromatic carbocycles. The number of aryl methyl sites for hydroxylation is 2. The van der Waals surface area contributed by atoms with Gasteiger partial charge < -0.3 is 0 Å². The van der Waals surface area contributed by atoms with Crippen molar-refractivity contribution in [2.75, 3.05) is 0 Å². The molecule has 0 atom stereocenters. The van der Waals surface area contributed by atoms with Gasteiger partial charge in [-0.3, -0.25) is 0 Å². The zero-order valence-electron chi connectivity index (χ0n) is 11.8. The summed E-state index contributed by atoms with van der Waals surface area (Å²) in [5.74, 6) is 0. The third kappa shape index (κ3) is 2.69. The van der Waals surface area contributed by atoms with Crippen molar-refractivity contribution in [2.45, 2.75) is 13.8 Å². The van der Waals surface area contributed by atoms with Crippen LogP contribution >= 0.6 is 0 Å². The predicted octanol–water partition coefficient (Wildman–Crippen LogP) is 2.15. The van der Waals surface area contributed by atoms with Gasteiger partial charge in [-0.25, -0.2) is 0 Å². The number of aromatic amines is 1. The Morgan fingerprint density at radius 2 is 1.25 bits per heavy atom. The van der Waals surface area contributed by atoms with Gasteiger partial charge in [-0.15, -0.1) is 0 Å². The number of H-pyrrole nitrogens is 1.